The third kappa shape index (κ3) is 3.14. The third-order valence-electron chi connectivity index (χ3n) is 4.50. The third-order valence-corrected chi connectivity index (χ3v) is 5.24. The molecule has 0 radical (unpaired) electrons. The number of hydrogen-bond donors (Lipinski definition) is 1. The quantitative estimate of drug-likeness (QED) is 0.808. The fraction of sp³-hybridized carbons (Fsp3) is 0.625. The number of morpholine rings is 1. The van der Waals surface area contributed by atoms with E-state index in [1.807, 2.05) is 18.2 Å². The van der Waals surface area contributed by atoms with Crippen molar-refractivity contribution in [3.63, 3.8) is 0 Å². The zero-order valence-electron chi connectivity index (χ0n) is 11.6. The summed E-state index contributed by atoms with van der Waals surface area (Å²) in [5.41, 5.74) is 1.14. The van der Waals surface area contributed by atoms with Gasteiger partial charge in [0.05, 0.1) is 21.8 Å². The minimum Gasteiger partial charge on any atom is -0.364 e. The smallest absolute Gasteiger partial charge is 0.0957 e. The molecule has 4 heteroatoms. The molecule has 0 bridgehead atoms. The van der Waals surface area contributed by atoms with Gasteiger partial charge in [-0.25, -0.2) is 0 Å². The van der Waals surface area contributed by atoms with Gasteiger partial charge < -0.3 is 10.1 Å². The van der Waals surface area contributed by atoms with Gasteiger partial charge in [-0.3, -0.25) is 0 Å². The van der Waals surface area contributed by atoms with Gasteiger partial charge in [0.1, 0.15) is 0 Å². The van der Waals surface area contributed by atoms with E-state index < -0.39 is 0 Å². The molecule has 1 aromatic rings. The van der Waals surface area contributed by atoms with Crippen LogP contribution >= 0.6 is 23.2 Å². The van der Waals surface area contributed by atoms with Crippen LogP contribution in [0.1, 0.15) is 50.2 Å². The molecule has 1 saturated carbocycles. The van der Waals surface area contributed by atoms with Crippen molar-refractivity contribution in [2.75, 3.05) is 13.1 Å². The van der Waals surface area contributed by atoms with Crippen molar-refractivity contribution in [2.45, 2.75) is 50.2 Å². The topological polar surface area (TPSA) is 21.3 Å². The van der Waals surface area contributed by atoms with Crippen LogP contribution in [-0.2, 0) is 4.74 Å². The van der Waals surface area contributed by atoms with E-state index in [1.165, 1.54) is 25.7 Å². The highest BCUT2D eigenvalue weighted by atomic mass is 35.5. The predicted molar refractivity (Wildman–Crippen MR) is 83.6 cm³/mol. The highest BCUT2D eigenvalue weighted by Gasteiger charge is 2.37. The second kappa shape index (κ2) is 6.23. The van der Waals surface area contributed by atoms with E-state index in [0.717, 1.165) is 31.5 Å². The maximum Gasteiger partial charge on any atom is 0.0957 e. The summed E-state index contributed by atoms with van der Waals surface area (Å²) in [6.07, 6.45) is 7.63. The summed E-state index contributed by atoms with van der Waals surface area (Å²) in [6.45, 7) is 1.82. The fourth-order valence-electron chi connectivity index (χ4n) is 3.38. The van der Waals surface area contributed by atoms with Gasteiger partial charge in [0.15, 0.2) is 0 Å². The molecule has 1 atom stereocenters. The summed E-state index contributed by atoms with van der Waals surface area (Å²) in [7, 11) is 0. The molecule has 1 aliphatic carbocycles. The molecule has 1 spiro atoms. The molecule has 1 aromatic carbocycles. The Hall–Kier alpha value is -0.280. The lowest BCUT2D eigenvalue weighted by molar-refractivity contribution is -0.126. The van der Waals surface area contributed by atoms with Gasteiger partial charge in [-0.05, 0) is 30.5 Å². The number of rotatable bonds is 1. The van der Waals surface area contributed by atoms with Crippen LogP contribution in [-0.4, -0.2) is 18.7 Å². The summed E-state index contributed by atoms with van der Waals surface area (Å²) in [5, 5.41) is 4.76. The number of ether oxygens (including phenoxy) is 1. The first-order valence-corrected chi connectivity index (χ1v) is 8.28. The average molecular weight is 314 g/mol. The van der Waals surface area contributed by atoms with E-state index in [-0.39, 0.29) is 11.7 Å². The summed E-state index contributed by atoms with van der Waals surface area (Å²) >= 11 is 12.1. The minimum absolute atomic E-state index is 0.0194. The van der Waals surface area contributed by atoms with Crippen LogP contribution in [0.25, 0.3) is 0 Å². The van der Waals surface area contributed by atoms with Gasteiger partial charge in [-0.2, -0.15) is 0 Å². The summed E-state index contributed by atoms with van der Waals surface area (Å²) in [6, 6.07) is 5.82. The van der Waals surface area contributed by atoms with Gasteiger partial charge >= 0.3 is 0 Å². The molecular formula is C16H21Cl2NO. The van der Waals surface area contributed by atoms with E-state index in [2.05, 4.69) is 5.32 Å². The van der Waals surface area contributed by atoms with Crippen LogP contribution in [0.15, 0.2) is 18.2 Å². The molecule has 0 amide bonds. The Bertz CT molecular complexity index is 470. The van der Waals surface area contributed by atoms with Crippen LogP contribution in [0.5, 0.6) is 0 Å². The molecule has 0 aromatic heterocycles. The molecule has 20 heavy (non-hydrogen) atoms. The Kier molecular flexibility index (Phi) is 4.56. The van der Waals surface area contributed by atoms with E-state index >= 15 is 0 Å². The van der Waals surface area contributed by atoms with Crippen molar-refractivity contribution in [1.82, 2.24) is 5.32 Å². The SMILES string of the molecule is Clc1ccc(C2CNCC3(CCCCCC3)O2)cc1Cl. The Morgan fingerprint density at radius 1 is 1.05 bits per heavy atom. The zero-order valence-corrected chi connectivity index (χ0v) is 13.1. The Labute approximate surface area is 130 Å². The lowest BCUT2D eigenvalue weighted by Crippen LogP contribution is -2.50. The second-order valence-electron chi connectivity index (χ2n) is 6.01. The molecule has 1 N–H and O–H groups in total. The van der Waals surface area contributed by atoms with E-state index in [9.17, 15) is 0 Å². The molecule has 1 heterocycles. The second-order valence-corrected chi connectivity index (χ2v) is 6.82. The van der Waals surface area contributed by atoms with E-state index in [1.54, 1.807) is 0 Å². The standard InChI is InChI=1S/C16H21Cl2NO/c17-13-6-5-12(9-14(13)18)15-10-19-11-16(20-15)7-3-1-2-4-8-16/h5-6,9,15,19H,1-4,7-8,10-11H2. The van der Waals surface area contributed by atoms with Crippen LogP contribution in [0.3, 0.4) is 0 Å². The molecule has 1 aliphatic heterocycles. The number of benzene rings is 1. The maximum absolute atomic E-state index is 6.51. The zero-order chi connectivity index (χ0) is 14.0. The van der Waals surface area contributed by atoms with E-state index in [4.69, 9.17) is 27.9 Å². The van der Waals surface area contributed by atoms with Crippen molar-refractivity contribution in [3.05, 3.63) is 33.8 Å². The highest BCUT2D eigenvalue weighted by Crippen LogP contribution is 2.38. The van der Waals surface area contributed by atoms with Crippen molar-refractivity contribution in [3.8, 4) is 0 Å². The van der Waals surface area contributed by atoms with Gasteiger partial charge in [-0.15, -0.1) is 0 Å². The predicted octanol–water partition coefficient (Wildman–Crippen LogP) is 4.75. The van der Waals surface area contributed by atoms with Crippen molar-refractivity contribution in [2.24, 2.45) is 0 Å². The molecule has 2 nitrogen and oxygen atoms in total. The van der Waals surface area contributed by atoms with Crippen molar-refractivity contribution >= 4 is 23.2 Å². The summed E-state index contributed by atoms with van der Waals surface area (Å²) < 4.78 is 6.51. The highest BCUT2D eigenvalue weighted by molar-refractivity contribution is 6.42. The van der Waals surface area contributed by atoms with Crippen LogP contribution in [0, 0.1) is 0 Å². The number of halogens is 2. The van der Waals surface area contributed by atoms with Crippen LogP contribution in [0.2, 0.25) is 10.0 Å². The van der Waals surface area contributed by atoms with Gasteiger partial charge in [0.25, 0.3) is 0 Å². The van der Waals surface area contributed by atoms with Crippen molar-refractivity contribution < 1.29 is 4.74 Å². The Morgan fingerprint density at radius 3 is 2.50 bits per heavy atom. The largest absolute Gasteiger partial charge is 0.364 e. The average Bonchev–Trinajstić information content (AvgIpc) is 2.68. The molecule has 2 aliphatic rings. The molecule has 1 saturated heterocycles. The normalized spacial score (nSPS) is 26.4. The van der Waals surface area contributed by atoms with Gasteiger partial charge in [0.2, 0.25) is 0 Å². The van der Waals surface area contributed by atoms with Crippen LogP contribution < -0.4 is 5.32 Å². The van der Waals surface area contributed by atoms with Gasteiger partial charge in [-0.1, -0.05) is 55.0 Å². The Morgan fingerprint density at radius 2 is 1.80 bits per heavy atom. The monoisotopic (exact) mass is 313 g/mol. The number of hydrogen-bond acceptors (Lipinski definition) is 2. The maximum atomic E-state index is 6.51. The lowest BCUT2D eigenvalue weighted by Gasteiger charge is -2.41. The van der Waals surface area contributed by atoms with Gasteiger partial charge in [0, 0.05) is 13.1 Å². The first-order chi connectivity index (χ1) is 9.69. The minimum atomic E-state index is 0.0194. The Balaban J connectivity index is 1.78. The molecule has 1 unspecified atom stereocenters. The molecular weight excluding hydrogens is 293 g/mol. The number of nitrogens with one attached hydrogen (secondary N) is 1. The first-order valence-electron chi connectivity index (χ1n) is 7.52. The van der Waals surface area contributed by atoms with E-state index in [0.29, 0.717) is 10.0 Å². The first kappa shape index (κ1) is 14.6. The summed E-state index contributed by atoms with van der Waals surface area (Å²) in [5.74, 6) is 0. The molecule has 2 fully saturated rings. The summed E-state index contributed by atoms with van der Waals surface area (Å²) in [4.78, 5) is 0. The molecule has 110 valence electrons. The molecule has 3 rings (SSSR count). The van der Waals surface area contributed by atoms with Crippen LogP contribution in [0.4, 0.5) is 0 Å². The van der Waals surface area contributed by atoms with Crippen molar-refractivity contribution in [1.29, 1.82) is 0 Å². The fourth-order valence-corrected chi connectivity index (χ4v) is 3.69. The lowest BCUT2D eigenvalue weighted by atomic mass is 9.91.